The highest BCUT2D eigenvalue weighted by Crippen LogP contribution is 2.31. The predicted molar refractivity (Wildman–Crippen MR) is 79.4 cm³/mol. The zero-order valence-electron chi connectivity index (χ0n) is 12.2. The van der Waals surface area contributed by atoms with Crippen molar-refractivity contribution in [1.29, 1.82) is 0 Å². The first-order valence-electron chi connectivity index (χ1n) is 7.02. The van der Waals surface area contributed by atoms with Gasteiger partial charge in [0.2, 0.25) is 0 Å². The van der Waals surface area contributed by atoms with Crippen molar-refractivity contribution in [1.82, 2.24) is 5.32 Å². The Balaban J connectivity index is 2.16. The number of rotatable bonds is 3. The number of nitrogens with zero attached hydrogens (tertiary/aromatic N) is 1. The summed E-state index contributed by atoms with van der Waals surface area (Å²) < 4.78 is 0. The molecule has 2 nitrogen and oxygen atoms in total. The number of benzene rings is 1. The van der Waals surface area contributed by atoms with Gasteiger partial charge in [0.25, 0.3) is 0 Å². The summed E-state index contributed by atoms with van der Waals surface area (Å²) in [4.78, 5) is 2.41. The van der Waals surface area contributed by atoms with Crippen molar-refractivity contribution in [2.24, 2.45) is 0 Å². The van der Waals surface area contributed by atoms with E-state index >= 15 is 0 Å². The maximum Gasteiger partial charge on any atom is 0.0402 e. The van der Waals surface area contributed by atoms with E-state index in [1.54, 1.807) is 0 Å². The molecule has 100 valence electrons. The molecule has 2 heteroatoms. The molecule has 0 saturated carbocycles. The molecule has 0 amide bonds. The lowest BCUT2D eigenvalue weighted by atomic mass is 9.85. The maximum atomic E-state index is 3.57. The minimum Gasteiger partial charge on any atom is -0.373 e. The second-order valence-corrected chi connectivity index (χ2v) is 6.44. The first-order valence-corrected chi connectivity index (χ1v) is 7.02. The first kappa shape index (κ1) is 13.4. The van der Waals surface area contributed by atoms with Crippen LogP contribution in [0, 0.1) is 0 Å². The standard InChI is InChI=1S/C16H26N2/c1-16(2,3)14-9-5-6-10-15(14)18(4)12-13-8-7-11-17-13/h5-6,9-10,13,17H,7-8,11-12H2,1-4H3. The lowest BCUT2D eigenvalue weighted by Gasteiger charge is -2.30. The van der Waals surface area contributed by atoms with Gasteiger partial charge in [-0.2, -0.15) is 0 Å². The molecule has 1 fully saturated rings. The van der Waals surface area contributed by atoms with Crippen LogP contribution in [-0.4, -0.2) is 26.2 Å². The van der Waals surface area contributed by atoms with Crippen LogP contribution in [0.3, 0.4) is 0 Å². The Morgan fingerprint density at radius 1 is 1.28 bits per heavy atom. The molecule has 0 bridgehead atoms. The van der Waals surface area contributed by atoms with Crippen molar-refractivity contribution in [2.75, 3.05) is 25.0 Å². The summed E-state index contributed by atoms with van der Waals surface area (Å²) in [5.74, 6) is 0. The molecule has 0 aromatic heterocycles. The molecule has 1 N–H and O–H groups in total. The third-order valence-corrected chi connectivity index (χ3v) is 3.78. The van der Waals surface area contributed by atoms with Crippen LogP contribution in [0.15, 0.2) is 24.3 Å². The molecule has 1 heterocycles. The topological polar surface area (TPSA) is 15.3 Å². The lowest BCUT2D eigenvalue weighted by Crippen LogP contribution is -2.36. The zero-order chi connectivity index (χ0) is 13.2. The summed E-state index contributed by atoms with van der Waals surface area (Å²) in [5.41, 5.74) is 3.01. The van der Waals surface area contributed by atoms with E-state index in [9.17, 15) is 0 Å². The van der Waals surface area contributed by atoms with Gasteiger partial charge in [-0.25, -0.2) is 0 Å². The molecule has 1 aliphatic heterocycles. The monoisotopic (exact) mass is 246 g/mol. The van der Waals surface area contributed by atoms with Crippen LogP contribution in [0.5, 0.6) is 0 Å². The van der Waals surface area contributed by atoms with E-state index in [-0.39, 0.29) is 5.41 Å². The van der Waals surface area contributed by atoms with E-state index in [0.29, 0.717) is 6.04 Å². The number of para-hydroxylation sites is 1. The van der Waals surface area contributed by atoms with Crippen molar-refractivity contribution >= 4 is 5.69 Å². The van der Waals surface area contributed by atoms with E-state index in [4.69, 9.17) is 0 Å². The quantitative estimate of drug-likeness (QED) is 0.881. The van der Waals surface area contributed by atoms with Gasteiger partial charge in [0, 0.05) is 25.3 Å². The Morgan fingerprint density at radius 3 is 2.61 bits per heavy atom. The average Bonchev–Trinajstić information content (AvgIpc) is 2.80. The molecule has 1 aliphatic rings. The number of hydrogen-bond acceptors (Lipinski definition) is 2. The van der Waals surface area contributed by atoms with Gasteiger partial charge in [-0.05, 0) is 36.4 Å². The van der Waals surface area contributed by atoms with E-state index in [1.165, 1.54) is 30.6 Å². The second-order valence-electron chi connectivity index (χ2n) is 6.44. The number of anilines is 1. The van der Waals surface area contributed by atoms with Gasteiger partial charge in [0.15, 0.2) is 0 Å². The fraction of sp³-hybridized carbons (Fsp3) is 0.625. The third kappa shape index (κ3) is 3.05. The van der Waals surface area contributed by atoms with Gasteiger partial charge in [-0.3, -0.25) is 0 Å². The van der Waals surface area contributed by atoms with Crippen LogP contribution in [0.1, 0.15) is 39.2 Å². The SMILES string of the molecule is CN(CC1CCCN1)c1ccccc1C(C)(C)C. The van der Waals surface area contributed by atoms with Crippen LogP contribution >= 0.6 is 0 Å². The Bertz CT molecular complexity index is 386. The average molecular weight is 246 g/mol. The Kier molecular flexibility index (Phi) is 3.96. The van der Waals surface area contributed by atoms with Crippen molar-refractivity contribution in [3.8, 4) is 0 Å². The van der Waals surface area contributed by atoms with Crippen LogP contribution in [-0.2, 0) is 5.41 Å². The summed E-state index contributed by atoms with van der Waals surface area (Å²) in [7, 11) is 2.21. The molecule has 0 spiro atoms. The highest BCUT2D eigenvalue weighted by molar-refractivity contribution is 5.56. The molecule has 1 aromatic carbocycles. The van der Waals surface area contributed by atoms with Gasteiger partial charge in [0.1, 0.15) is 0 Å². The number of nitrogens with one attached hydrogen (secondary N) is 1. The predicted octanol–water partition coefficient (Wildman–Crippen LogP) is 3.17. The molecule has 2 rings (SSSR count). The highest BCUT2D eigenvalue weighted by atomic mass is 15.1. The van der Waals surface area contributed by atoms with Crippen molar-refractivity contribution in [3.63, 3.8) is 0 Å². The molecule has 1 aromatic rings. The lowest BCUT2D eigenvalue weighted by molar-refractivity contribution is 0.574. The van der Waals surface area contributed by atoms with Gasteiger partial charge in [-0.15, -0.1) is 0 Å². The highest BCUT2D eigenvalue weighted by Gasteiger charge is 2.21. The zero-order valence-corrected chi connectivity index (χ0v) is 12.2. The molecule has 0 aliphatic carbocycles. The van der Waals surface area contributed by atoms with Gasteiger partial charge in [0.05, 0.1) is 0 Å². The van der Waals surface area contributed by atoms with Gasteiger partial charge >= 0.3 is 0 Å². The minimum absolute atomic E-state index is 0.202. The second kappa shape index (κ2) is 5.31. The molecule has 1 saturated heterocycles. The Hall–Kier alpha value is -1.02. The number of likely N-dealkylation sites (N-methyl/N-ethyl adjacent to an activating group) is 1. The smallest absolute Gasteiger partial charge is 0.0402 e. The normalized spacial score (nSPS) is 20.1. The summed E-state index contributed by atoms with van der Waals surface area (Å²) in [6, 6.07) is 9.45. The molecular formula is C16H26N2. The largest absolute Gasteiger partial charge is 0.373 e. The van der Waals surface area contributed by atoms with Gasteiger partial charge < -0.3 is 10.2 Å². The van der Waals surface area contributed by atoms with E-state index < -0.39 is 0 Å². The van der Waals surface area contributed by atoms with Crippen molar-refractivity contribution < 1.29 is 0 Å². The Morgan fingerprint density at radius 2 is 2.00 bits per heavy atom. The third-order valence-electron chi connectivity index (χ3n) is 3.78. The summed E-state index contributed by atoms with van der Waals surface area (Å²) in [6.45, 7) is 9.14. The first-order chi connectivity index (χ1) is 8.48. The summed E-state index contributed by atoms with van der Waals surface area (Å²) in [5, 5.41) is 3.57. The molecule has 0 radical (unpaired) electrons. The fourth-order valence-electron chi connectivity index (χ4n) is 2.78. The minimum atomic E-state index is 0.202. The van der Waals surface area contributed by atoms with Crippen LogP contribution in [0.25, 0.3) is 0 Å². The van der Waals surface area contributed by atoms with Crippen molar-refractivity contribution in [3.05, 3.63) is 29.8 Å². The molecule has 1 unspecified atom stereocenters. The maximum absolute atomic E-state index is 3.57. The van der Waals surface area contributed by atoms with Gasteiger partial charge in [-0.1, -0.05) is 39.0 Å². The van der Waals surface area contributed by atoms with Crippen LogP contribution in [0.2, 0.25) is 0 Å². The summed E-state index contributed by atoms with van der Waals surface area (Å²) in [6.07, 6.45) is 2.63. The number of hydrogen-bond donors (Lipinski definition) is 1. The fourth-order valence-corrected chi connectivity index (χ4v) is 2.78. The summed E-state index contributed by atoms with van der Waals surface area (Å²) >= 11 is 0. The van der Waals surface area contributed by atoms with Crippen molar-refractivity contribution in [2.45, 2.75) is 45.1 Å². The van der Waals surface area contributed by atoms with E-state index in [0.717, 1.165) is 6.54 Å². The van der Waals surface area contributed by atoms with Crippen LogP contribution in [0.4, 0.5) is 5.69 Å². The molecular weight excluding hydrogens is 220 g/mol. The van der Waals surface area contributed by atoms with Crippen LogP contribution < -0.4 is 10.2 Å². The molecule has 18 heavy (non-hydrogen) atoms. The van der Waals surface area contributed by atoms with E-state index in [1.807, 2.05) is 0 Å². The van der Waals surface area contributed by atoms with E-state index in [2.05, 4.69) is 62.3 Å². The molecule has 1 atom stereocenters. The Labute approximate surface area is 111 Å².